The van der Waals surface area contributed by atoms with Gasteiger partial charge in [-0.25, -0.2) is 0 Å². The number of hydrogen-bond acceptors (Lipinski definition) is 4. The van der Waals surface area contributed by atoms with Gasteiger partial charge in [0.25, 0.3) is 0 Å². The summed E-state index contributed by atoms with van der Waals surface area (Å²) >= 11 is 0. The van der Waals surface area contributed by atoms with Crippen molar-refractivity contribution in [1.82, 2.24) is 9.88 Å². The lowest BCUT2D eigenvalue weighted by molar-refractivity contribution is -0.118. The number of aromatic nitrogens is 1. The number of carbonyl (C=O) groups excluding carboxylic acids is 1. The third kappa shape index (κ3) is 4.15. The number of nitrogens with zero attached hydrogens (tertiary/aromatic N) is 2. The number of pyridine rings is 1. The summed E-state index contributed by atoms with van der Waals surface area (Å²) in [4.78, 5) is 31.5. The van der Waals surface area contributed by atoms with Crippen LogP contribution in [0.2, 0.25) is 0 Å². The molecular formula is C26H29N3O3. The van der Waals surface area contributed by atoms with Crippen molar-refractivity contribution in [2.24, 2.45) is 0 Å². The summed E-state index contributed by atoms with van der Waals surface area (Å²) in [6.45, 7) is 5.29. The largest absolute Gasteiger partial charge is 0.494 e. The summed E-state index contributed by atoms with van der Waals surface area (Å²) in [5, 5.41) is 0.897. The lowest BCUT2D eigenvalue weighted by Crippen LogP contribution is -2.30. The Hall–Kier alpha value is -3.12. The minimum absolute atomic E-state index is 0.0784. The molecule has 1 saturated heterocycles. The molecule has 166 valence electrons. The fraction of sp³-hybridized carbons (Fsp3) is 0.385. The molecule has 32 heavy (non-hydrogen) atoms. The lowest BCUT2D eigenvalue weighted by Gasteiger charge is -2.30. The van der Waals surface area contributed by atoms with Crippen molar-refractivity contribution in [3.05, 3.63) is 64.4 Å². The quantitative estimate of drug-likeness (QED) is 0.588. The Bertz CT molecular complexity index is 1200. The zero-order valence-electron chi connectivity index (χ0n) is 18.5. The van der Waals surface area contributed by atoms with E-state index in [9.17, 15) is 9.59 Å². The van der Waals surface area contributed by atoms with Crippen LogP contribution in [0, 0.1) is 0 Å². The van der Waals surface area contributed by atoms with Crippen LogP contribution in [0.1, 0.15) is 38.2 Å². The molecule has 3 aromatic rings. The van der Waals surface area contributed by atoms with Crippen LogP contribution in [0.15, 0.2) is 53.3 Å². The second-order valence-electron chi connectivity index (χ2n) is 8.84. The molecule has 3 heterocycles. The van der Waals surface area contributed by atoms with E-state index in [4.69, 9.17) is 4.74 Å². The number of likely N-dealkylation sites (tertiary alicyclic amines) is 1. The highest BCUT2D eigenvalue weighted by molar-refractivity contribution is 6.04. The molecule has 0 radical (unpaired) electrons. The normalized spacial score (nSPS) is 18.8. The molecule has 2 aliphatic rings. The van der Waals surface area contributed by atoms with E-state index in [1.807, 2.05) is 30.3 Å². The topological polar surface area (TPSA) is 65.6 Å². The molecule has 0 bridgehead atoms. The van der Waals surface area contributed by atoms with Crippen LogP contribution in [0.5, 0.6) is 5.75 Å². The minimum atomic E-state index is -0.132. The van der Waals surface area contributed by atoms with E-state index in [0.717, 1.165) is 46.6 Å². The van der Waals surface area contributed by atoms with Gasteiger partial charge in [0.1, 0.15) is 5.75 Å². The summed E-state index contributed by atoms with van der Waals surface area (Å²) in [5.41, 5.74) is 3.47. The van der Waals surface area contributed by atoms with E-state index >= 15 is 0 Å². The maximum atomic E-state index is 12.8. The van der Waals surface area contributed by atoms with Crippen LogP contribution in [-0.4, -0.2) is 41.5 Å². The maximum Gasteiger partial charge on any atom is 0.248 e. The fourth-order valence-corrected chi connectivity index (χ4v) is 4.90. The zero-order valence-corrected chi connectivity index (χ0v) is 18.5. The number of nitrogens with one attached hydrogen (secondary N) is 1. The van der Waals surface area contributed by atoms with Crippen molar-refractivity contribution < 1.29 is 9.53 Å². The summed E-state index contributed by atoms with van der Waals surface area (Å²) in [7, 11) is 0. The van der Waals surface area contributed by atoms with Crippen molar-refractivity contribution in [2.45, 2.75) is 45.1 Å². The second-order valence-corrected chi connectivity index (χ2v) is 8.84. The van der Waals surface area contributed by atoms with Crippen LogP contribution in [0.4, 0.5) is 11.4 Å². The molecule has 0 saturated carbocycles. The molecule has 0 unspecified atom stereocenters. The molecule has 6 heteroatoms. The van der Waals surface area contributed by atoms with Gasteiger partial charge < -0.3 is 14.6 Å². The van der Waals surface area contributed by atoms with Crippen LogP contribution < -0.4 is 15.2 Å². The van der Waals surface area contributed by atoms with Crippen molar-refractivity contribution in [3.8, 4) is 5.75 Å². The highest BCUT2D eigenvalue weighted by atomic mass is 16.5. The number of H-pyrrole nitrogens is 1. The second kappa shape index (κ2) is 8.79. The molecule has 1 atom stereocenters. The Labute approximate surface area is 187 Å². The Morgan fingerprint density at radius 2 is 1.97 bits per heavy atom. The Morgan fingerprint density at radius 1 is 1.06 bits per heavy atom. The van der Waals surface area contributed by atoms with Crippen LogP contribution in [-0.2, 0) is 11.2 Å². The number of ether oxygens (including phenoxy) is 1. The average molecular weight is 432 g/mol. The SMILES string of the molecule is C[C@@H]1CCCN1CCCOc1ccc2c(c1)CCC(=O)N2c1ccc2[nH]c(=O)ccc2c1. The van der Waals surface area contributed by atoms with E-state index in [1.54, 1.807) is 11.0 Å². The number of aromatic amines is 1. The standard InChI is InChI=1S/C26H29N3O3/c1-18-4-2-13-28(18)14-3-15-32-22-8-10-24-20(17-22)6-12-26(31)29(24)21-7-9-23-19(16-21)5-11-25(30)27-23/h5,7-11,16-18H,2-4,6,12-15H2,1H3,(H,27,30)/t18-/m1/s1. The summed E-state index contributed by atoms with van der Waals surface area (Å²) in [6, 6.07) is 15.7. The molecule has 0 aliphatic carbocycles. The number of fused-ring (bicyclic) bond motifs is 2. The molecule has 5 rings (SSSR count). The van der Waals surface area contributed by atoms with Gasteiger partial charge in [0.15, 0.2) is 0 Å². The molecule has 2 aliphatic heterocycles. The molecule has 1 amide bonds. The van der Waals surface area contributed by atoms with E-state index in [-0.39, 0.29) is 11.5 Å². The van der Waals surface area contributed by atoms with Gasteiger partial charge in [-0.1, -0.05) is 0 Å². The van der Waals surface area contributed by atoms with Gasteiger partial charge in [-0.2, -0.15) is 0 Å². The molecule has 1 fully saturated rings. The van der Waals surface area contributed by atoms with E-state index in [0.29, 0.717) is 25.5 Å². The molecule has 6 nitrogen and oxygen atoms in total. The van der Waals surface area contributed by atoms with E-state index in [1.165, 1.54) is 25.5 Å². The van der Waals surface area contributed by atoms with Crippen LogP contribution in [0.3, 0.4) is 0 Å². The Morgan fingerprint density at radius 3 is 2.81 bits per heavy atom. The smallest absolute Gasteiger partial charge is 0.248 e. The van der Waals surface area contributed by atoms with Crippen molar-refractivity contribution in [1.29, 1.82) is 0 Å². The summed E-state index contributed by atoms with van der Waals surface area (Å²) < 4.78 is 6.04. The number of aryl methyl sites for hydroxylation is 1. The van der Waals surface area contributed by atoms with Gasteiger partial charge in [-0.3, -0.25) is 14.5 Å². The van der Waals surface area contributed by atoms with Crippen molar-refractivity contribution >= 4 is 28.2 Å². The number of hydrogen-bond donors (Lipinski definition) is 1. The van der Waals surface area contributed by atoms with E-state index in [2.05, 4.69) is 22.9 Å². The summed E-state index contributed by atoms with van der Waals surface area (Å²) in [5.74, 6) is 0.943. The van der Waals surface area contributed by atoms with Gasteiger partial charge in [-0.05, 0) is 87.2 Å². The molecular weight excluding hydrogens is 402 g/mol. The first-order valence-electron chi connectivity index (χ1n) is 11.5. The predicted octanol–water partition coefficient (Wildman–Crippen LogP) is 4.39. The summed E-state index contributed by atoms with van der Waals surface area (Å²) in [6.07, 6.45) is 4.81. The predicted molar refractivity (Wildman–Crippen MR) is 127 cm³/mol. The molecule has 1 N–H and O–H groups in total. The molecule has 2 aromatic carbocycles. The monoisotopic (exact) mass is 431 g/mol. The maximum absolute atomic E-state index is 12.8. The van der Waals surface area contributed by atoms with Gasteiger partial charge in [-0.15, -0.1) is 0 Å². The van der Waals surface area contributed by atoms with Gasteiger partial charge in [0.05, 0.1) is 12.3 Å². The number of rotatable bonds is 6. The zero-order chi connectivity index (χ0) is 22.1. The molecule has 0 spiro atoms. The lowest BCUT2D eigenvalue weighted by atomic mass is 9.99. The number of carbonyl (C=O) groups is 1. The van der Waals surface area contributed by atoms with Gasteiger partial charge in [0, 0.05) is 41.7 Å². The third-order valence-electron chi connectivity index (χ3n) is 6.66. The Kier molecular flexibility index (Phi) is 5.70. The van der Waals surface area contributed by atoms with Gasteiger partial charge >= 0.3 is 0 Å². The highest BCUT2D eigenvalue weighted by Crippen LogP contribution is 2.37. The first-order chi connectivity index (χ1) is 15.6. The number of amides is 1. The van der Waals surface area contributed by atoms with Crippen LogP contribution >= 0.6 is 0 Å². The van der Waals surface area contributed by atoms with Gasteiger partial charge in [0.2, 0.25) is 11.5 Å². The first kappa shape index (κ1) is 20.8. The van der Waals surface area contributed by atoms with Crippen molar-refractivity contribution in [2.75, 3.05) is 24.6 Å². The van der Waals surface area contributed by atoms with E-state index < -0.39 is 0 Å². The highest BCUT2D eigenvalue weighted by Gasteiger charge is 2.26. The number of anilines is 2. The third-order valence-corrected chi connectivity index (χ3v) is 6.66. The number of benzene rings is 2. The molecule has 1 aromatic heterocycles. The van der Waals surface area contributed by atoms with Crippen molar-refractivity contribution in [3.63, 3.8) is 0 Å². The average Bonchev–Trinajstić information content (AvgIpc) is 3.21. The minimum Gasteiger partial charge on any atom is -0.494 e. The van der Waals surface area contributed by atoms with Crippen LogP contribution in [0.25, 0.3) is 10.9 Å². The first-order valence-corrected chi connectivity index (χ1v) is 11.5. The fourth-order valence-electron chi connectivity index (χ4n) is 4.90. The Balaban J connectivity index is 1.31.